The van der Waals surface area contributed by atoms with Crippen molar-refractivity contribution in [2.75, 3.05) is 19.7 Å². The van der Waals surface area contributed by atoms with E-state index in [4.69, 9.17) is 9.47 Å². The van der Waals surface area contributed by atoms with Gasteiger partial charge < -0.3 is 14.4 Å². The molecule has 0 N–H and O–H groups in total. The number of carbonyl (C=O) groups excluding carboxylic acids is 1. The summed E-state index contributed by atoms with van der Waals surface area (Å²) in [6.07, 6.45) is 4.28. The zero-order chi connectivity index (χ0) is 19.3. The second-order valence-corrected chi connectivity index (χ2v) is 7.74. The summed E-state index contributed by atoms with van der Waals surface area (Å²) in [5, 5.41) is 9.38. The normalized spacial score (nSPS) is 25.8. The van der Waals surface area contributed by atoms with Crippen LogP contribution < -0.4 is 0 Å². The highest BCUT2D eigenvalue weighted by atomic mass is 16.6. The first-order valence-electron chi connectivity index (χ1n) is 9.75. The molecular formula is C22H28N2O3. The predicted octanol–water partition coefficient (Wildman–Crippen LogP) is 3.46. The Kier molecular flexibility index (Phi) is 6.30. The van der Waals surface area contributed by atoms with E-state index in [1.54, 1.807) is 11.0 Å². The van der Waals surface area contributed by atoms with Gasteiger partial charge in [-0.15, -0.1) is 0 Å². The molecule has 1 amide bonds. The molecule has 0 aromatic heterocycles. The Morgan fingerprint density at radius 1 is 1.41 bits per heavy atom. The lowest BCUT2D eigenvalue weighted by atomic mass is 9.85. The highest BCUT2D eigenvalue weighted by Crippen LogP contribution is 2.38. The van der Waals surface area contributed by atoms with Gasteiger partial charge in [0.15, 0.2) is 0 Å². The minimum absolute atomic E-state index is 0.156. The molecule has 2 heterocycles. The maximum absolute atomic E-state index is 12.8. The fourth-order valence-corrected chi connectivity index (χ4v) is 3.93. The summed E-state index contributed by atoms with van der Waals surface area (Å²) in [6.45, 7) is 6.23. The molecule has 0 aliphatic carbocycles. The lowest BCUT2D eigenvalue weighted by molar-refractivity contribution is -0.166. The zero-order valence-corrected chi connectivity index (χ0v) is 16.2. The fraction of sp³-hybridized carbons (Fsp3) is 0.545. The Labute approximate surface area is 161 Å². The van der Waals surface area contributed by atoms with E-state index in [9.17, 15) is 10.1 Å². The summed E-state index contributed by atoms with van der Waals surface area (Å²) in [5.74, 6) is -0.0459. The van der Waals surface area contributed by atoms with E-state index in [-0.39, 0.29) is 29.1 Å². The van der Waals surface area contributed by atoms with Crippen LogP contribution in [0.5, 0.6) is 0 Å². The van der Waals surface area contributed by atoms with E-state index in [1.165, 1.54) is 0 Å². The molecular weight excluding hydrogens is 340 g/mol. The second-order valence-electron chi connectivity index (χ2n) is 7.74. The average Bonchev–Trinajstić information content (AvgIpc) is 3.15. The van der Waals surface area contributed by atoms with Crippen molar-refractivity contribution in [1.82, 2.24) is 4.90 Å². The van der Waals surface area contributed by atoms with Gasteiger partial charge in [-0.2, -0.15) is 5.26 Å². The molecule has 1 aromatic carbocycles. The molecule has 2 atom stereocenters. The molecule has 0 saturated carbocycles. The fourth-order valence-electron chi connectivity index (χ4n) is 3.93. The molecule has 2 saturated heterocycles. The SMILES string of the molecule is CC(C)/C=C(\C#N)C(=O)N1CC[C@]2(CCCO2)[C@H](OCc2ccccc2)C1. The number of amides is 1. The summed E-state index contributed by atoms with van der Waals surface area (Å²) >= 11 is 0. The molecule has 144 valence electrons. The van der Waals surface area contributed by atoms with E-state index in [0.29, 0.717) is 19.7 Å². The lowest BCUT2D eigenvalue weighted by Gasteiger charge is -2.44. The van der Waals surface area contributed by atoms with Gasteiger partial charge in [0, 0.05) is 13.2 Å². The third-order valence-corrected chi connectivity index (χ3v) is 5.34. The number of nitrogens with zero attached hydrogens (tertiary/aromatic N) is 2. The van der Waals surface area contributed by atoms with Crippen LogP contribution >= 0.6 is 0 Å². The Morgan fingerprint density at radius 3 is 2.81 bits per heavy atom. The first-order valence-corrected chi connectivity index (χ1v) is 9.75. The smallest absolute Gasteiger partial charge is 0.264 e. The molecule has 1 spiro atoms. The molecule has 3 rings (SSSR count). The van der Waals surface area contributed by atoms with Gasteiger partial charge in [-0.1, -0.05) is 50.3 Å². The summed E-state index contributed by atoms with van der Waals surface area (Å²) in [7, 11) is 0. The number of ether oxygens (including phenoxy) is 2. The molecule has 5 heteroatoms. The van der Waals surface area contributed by atoms with Crippen LogP contribution in [0.4, 0.5) is 0 Å². The van der Waals surface area contributed by atoms with Gasteiger partial charge in [0.2, 0.25) is 0 Å². The van der Waals surface area contributed by atoms with Gasteiger partial charge in [0.05, 0.1) is 18.8 Å². The highest BCUT2D eigenvalue weighted by molar-refractivity contribution is 5.97. The summed E-state index contributed by atoms with van der Waals surface area (Å²) < 4.78 is 12.4. The van der Waals surface area contributed by atoms with Crippen LogP contribution in [0.15, 0.2) is 42.0 Å². The Hall–Kier alpha value is -2.16. The van der Waals surface area contributed by atoms with Crippen molar-refractivity contribution in [3.05, 3.63) is 47.5 Å². The van der Waals surface area contributed by atoms with Gasteiger partial charge in [-0.25, -0.2) is 0 Å². The van der Waals surface area contributed by atoms with Crippen molar-refractivity contribution in [1.29, 1.82) is 5.26 Å². The molecule has 2 fully saturated rings. The third-order valence-electron chi connectivity index (χ3n) is 5.34. The highest BCUT2D eigenvalue weighted by Gasteiger charge is 2.48. The number of benzene rings is 1. The summed E-state index contributed by atoms with van der Waals surface area (Å²) in [5.41, 5.74) is 1.02. The Bertz CT molecular complexity index is 715. The predicted molar refractivity (Wildman–Crippen MR) is 103 cm³/mol. The Morgan fingerprint density at radius 2 is 2.19 bits per heavy atom. The molecule has 0 radical (unpaired) electrons. The Balaban J connectivity index is 1.73. The molecule has 2 aliphatic rings. The molecule has 0 bridgehead atoms. The van der Waals surface area contributed by atoms with Crippen LogP contribution in [0.1, 0.15) is 38.7 Å². The van der Waals surface area contributed by atoms with Crippen molar-refractivity contribution < 1.29 is 14.3 Å². The standard InChI is InChI=1S/C22H28N2O3/c1-17(2)13-19(14-23)21(25)24-11-10-22(9-6-12-27-22)20(15-24)26-16-18-7-4-3-5-8-18/h3-5,7-8,13,17,20H,6,9-12,15-16H2,1-2H3/b19-13+/t20-,22-/m1/s1. The first kappa shape index (κ1) is 19.6. The lowest BCUT2D eigenvalue weighted by Crippen LogP contribution is -2.57. The quantitative estimate of drug-likeness (QED) is 0.590. The first-order chi connectivity index (χ1) is 13.0. The van der Waals surface area contributed by atoms with Gasteiger partial charge in [0.25, 0.3) is 5.91 Å². The molecule has 5 nitrogen and oxygen atoms in total. The number of rotatable bonds is 5. The van der Waals surface area contributed by atoms with Crippen LogP contribution in [0.25, 0.3) is 0 Å². The van der Waals surface area contributed by atoms with Gasteiger partial charge in [-0.05, 0) is 30.7 Å². The number of hydrogen-bond donors (Lipinski definition) is 0. The van der Waals surface area contributed by atoms with Crippen LogP contribution in [0, 0.1) is 17.2 Å². The van der Waals surface area contributed by atoms with Crippen molar-refractivity contribution in [3.63, 3.8) is 0 Å². The van der Waals surface area contributed by atoms with E-state index < -0.39 is 0 Å². The van der Waals surface area contributed by atoms with E-state index in [0.717, 1.165) is 31.4 Å². The maximum Gasteiger partial charge on any atom is 0.264 e. The minimum Gasteiger partial charge on any atom is -0.372 e. The van der Waals surface area contributed by atoms with Crippen LogP contribution in [-0.4, -0.2) is 42.2 Å². The van der Waals surface area contributed by atoms with Gasteiger partial charge >= 0.3 is 0 Å². The second kappa shape index (κ2) is 8.69. The number of nitriles is 1. The summed E-state index contributed by atoms with van der Waals surface area (Å²) in [6, 6.07) is 12.1. The number of hydrogen-bond acceptors (Lipinski definition) is 4. The maximum atomic E-state index is 12.8. The van der Waals surface area contributed by atoms with Crippen molar-refractivity contribution in [2.45, 2.75) is 51.4 Å². The molecule has 27 heavy (non-hydrogen) atoms. The monoisotopic (exact) mass is 368 g/mol. The van der Waals surface area contributed by atoms with Crippen molar-refractivity contribution in [3.8, 4) is 6.07 Å². The number of allylic oxidation sites excluding steroid dienone is 1. The van der Waals surface area contributed by atoms with Crippen LogP contribution in [0.3, 0.4) is 0 Å². The molecule has 2 aliphatic heterocycles. The van der Waals surface area contributed by atoms with Crippen LogP contribution in [-0.2, 0) is 20.9 Å². The zero-order valence-electron chi connectivity index (χ0n) is 16.2. The number of carbonyl (C=O) groups is 1. The molecule has 1 aromatic rings. The van der Waals surface area contributed by atoms with E-state index in [2.05, 4.69) is 6.07 Å². The van der Waals surface area contributed by atoms with Crippen LogP contribution in [0.2, 0.25) is 0 Å². The van der Waals surface area contributed by atoms with E-state index >= 15 is 0 Å². The van der Waals surface area contributed by atoms with Gasteiger partial charge in [0.1, 0.15) is 17.7 Å². The van der Waals surface area contributed by atoms with Crippen molar-refractivity contribution >= 4 is 5.91 Å². The average molecular weight is 368 g/mol. The number of piperidine rings is 1. The third kappa shape index (κ3) is 4.58. The number of likely N-dealkylation sites (tertiary alicyclic amines) is 1. The topological polar surface area (TPSA) is 62.6 Å². The molecule has 0 unspecified atom stereocenters. The van der Waals surface area contributed by atoms with E-state index in [1.807, 2.05) is 44.2 Å². The minimum atomic E-state index is -0.305. The summed E-state index contributed by atoms with van der Waals surface area (Å²) in [4.78, 5) is 14.6. The van der Waals surface area contributed by atoms with Gasteiger partial charge in [-0.3, -0.25) is 4.79 Å². The van der Waals surface area contributed by atoms with Crippen molar-refractivity contribution in [2.24, 2.45) is 5.92 Å². The largest absolute Gasteiger partial charge is 0.372 e.